The van der Waals surface area contributed by atoms with Crippen LogP contribution in [0.1, 0.15) is 60.8 Å². The Hall–Kier alpha value is -1.25. The summed E-state index contributed by atoms with van der Waals surface area (Å²) in [4.78, 5) is 27.5. The summed E-state index contributed by atoms with van der Waals surface area (Å²) in [5.41, 5.74) is 1.63. The fourth-order valence-corrected chi connectivity index (χ4v) is 6.22. The van der Waals surface area contributed by atoms with E-state index < -0.39 is 28.2 Å². The van der Waals surface area contributed by atoms with Gasteiger partial charge in [0.05, 0.1) is 5.92 Å². The average molecular weight is 479 g/mol. The number of hydrogen-bond donors (Lipinski definition) is 0. The second-order valence-corrected chi connectivity index (χ2v) is 20.5. The number of carbonyl (C=O) groups excluding carboxylic acids is 2. The van der Waals surface area contributed by atoms with Crippen molar-refractivity contribution in [2.75, 3.05) is 0 Å². The molecular formula is C26H46O4Si2. The quantitative estimate of drug-likeness (QED) is 0.179. The van der Waals surface area contributed by atoms with Crippen LogP contribution in [-0.4, -0.2) is 33.8 Å². The Balaban J connectivity index is 3.98. The third kappa shape index (κ3) is 7.39. The smallest absolute Gasteiger partial charge is 0.241 e. The van der Waals surface area contributed by atoms with E-state index >= 15 is 0 Å². The highest BCUT2D eigenvalue weighted by Gasteiger charge is 2.58. The predicted molar refractivity (Wildman–Crippen MR) is 140 cm³/mol. The lowest BCUT2D eigenvalue weighted by Gasteiger charge is -2.42. The molecule has 182 valence electrons. The maximum absolute atomic E-state index is 14.0. The molecule has 1 rings (SSSR count). The number of hydrogen-bond acceptors (Lipinski definition) is 4. The standard InChI is InChI=1S/C26H46O4Si2/c1-13-20(6)23(27)22-24(28)21(15-14-18(2)3)26(17-16-19(4)5,30-32(10,11)12)25(22)29-31(7,8)9/h14,16,20-21H,13,15,17H2,1-12H3. The van der Waals surface area contributed by atoms with E-state index in [1.165, 1.54) is 0 Å². The normalized spacial score (nSPS) is 22.6. The number of rotatable bonds is 11. The van der Waals surface area contributed by atoms with Crippen LogP contribution in [-0.2, 0) is 18.4 Å². The van der Waals surface area contributed by atoms with Gasteiger partial charge >= 0.3 is 0 Å². The molecule has 3 atom stereocenters. The molecule has 0 saturated heterocycles. The van der Waals surface area contributed by atoms with Gasteiger partial charge in [0.2, 0.25) is 8.32 Å². The van der Waals surface area contributed by atoms with Gasteiger partial charge in [-0.2, -0.15) is 0 Å². The van der Waals surface area contributed by atoms with Crippen molar-refractivity contribution in [1.82, 2.24) is 0 Å². The molecule has 0 heterocycles. The van der Waals surface area contributed by atoms with Crippen LogP contribution in [0.15, 0.2) is 34.6 Å². The molecule has 0 saturated carbocycles. The van der Waals surface area contributed by atoms with Crippen molar-refractivity contribution in [2.24, 2.45) is 11.8 Å². The van der Waals surface area contributed by atoms with Gasteiger partial charge < -0.3 is 8.85 Å². The highest BCUT2D eigenvalue weighted by atomic mass is 28.4. The molecule has 1 aliphatic carbocycles. The first-order valence-electron chi connectivity index (χ1n) is 11.9. The lowest BCUT2D eigenvalue weighted by Crippen LogP contribution is -2.50. The van der Waals surface area contributed by atoms with Gasteiger partial charge in [-0.1, -0.05) is 37.1 Å². The van der Waals surface area contributed by atoms with Crippen LogP contribution in [0.3, 0.4) is 0 Å². The molecule has 4 nitrogen and oxygen atoms in total. The molecule has 0 aromatic rings. The van der Waals surface area contributed by atoms with Crippen LogP contribution < -0.4 is 0 Å². The summed E-state index contributed by atoms with van der Waals surface area (Å²) in [6, 6.07) is 0. The molecule has 0 radical (unpaired) electrons. The topological polar surface area (TPSA) is 52.6 Å². The maximum Gasteiger partial charge on any atom is 0.241 e. The van der Waals surface area contributed by atoms with Gasteiger partial charge in [0.1, 0.15) is 16.9 Å². The monoisotopic (exact) mass is 478 g/mol. The zero-order valence-electron chi connectivity index (χ0n) is 22.6. The summed E-state index contributed by atoms with van der Waals surface area (Å²) in [7, 11) is -4.27. The Morgan fingerprint density at radius 2 is 1.53 bits per heavy atom. The first-order chi connectivity index (χ1) is 14.4. The summed E-state index contributed by atoms with van der Waals surface area (Å²) in [6.07, 6.45) is 5.98. The molecule has 0 aliphatic heterocycles. The van der Waals surface area contributed by atoms with Crippen molar-refractivity contribution in [3.8, 4) is 0 Å². The molecule has 1 aliphatic rings. The van der Waals surface area contributed by atoms with Crippen LogP contribution in [0, 0.1) is 11.8 Å². The summed E-state index contributed by atoms with van der Waals surface area (Å²) in [5.74, 6) is -0.398. The average Bonchev–Trinajstić information content (AvgIpc) is 2.81. The van der Waals surface area contributed by atoms with Crippen molar-refractivity contribution < 1.29 is 18.4 Å². The Morgan fingerprint density at radius 3 is 1.94 bits per heavy atom. The predicted octanol–water partition coefficient (Wildman–Crippen LogP) is 7.21. The lowest BCUT2D eigenvalue weighted by atomic mass is 9.82. The van der Waals surface area contributed by atoms with Crippen LogP contribution in [0.25, 0.3) is 0 Å². The molecule has 0 spiro atoms. The van der Waals surface area contributed by atoms with E-state index in [1.54, 1.807) is 0 Å². The highest BCUT2D eigenvalue weighted by molar-refractivity contribution is 6.70. The maximum atomic E-state index is 14.0. The molecule has 3 unspecified atom stereocenters. The van der Waals surface area contributed by atoms with Crippen LogP contribution in [0.2, 0.25) is 39.3 Å². The van der Waals surface area contributed by atoms with E-state index in [0.717, 1.165) is 11.1 Å². The van der Waals surface area contributed by atoms with E-state index in [1.807, 2.05) is 27.7 Å². The minimum atomic E-state index is -2.14. The molecule has 0 aromatic carbocycles. The van der Waals surface area contributed by atoms with Gasteiger partial charge in [-0.05, 0) is 79.8 Å². The molecule has 0 bridgehead atoms. The van der Waals surface area contributed by atoms with Crippen LogP contribution >= 0.6 is 0 Å². The lowest BCUT2D eigenvalue weighted by molar-refractivity contribution is -0.126. The molecule has 0 amide bonds. The first-order valence-corrected chi connectivity index (χ1v) is 18.8. The molecular weight excluding hydrogens is 432 g/mol. The van der Waals surface area contributed by atoms with Gasteiger partial charge in [0.25, 0.3) is 0 Å². The number of ketones is 2. The zero-order chi connectivity index (χ0) is 25.1. The van der Waals surface area contributed by atoms with Crippen molar-refractivity contribution in [1.29, 1.82) is 0 Å². The Labute approximate surface area is 198 Å². The molecule has 32 heavy (non-hydrogen) atoms. The van der Waals surface area contributed by atoms with E-state index in [4.69, 9.17) is 8.85 Å². The summed E-state index contributed by atoms with van der Waals surface area (Å²) >= 11 is 0. The fraction of sp³-hybridized carbons (Fsp3) is 0.692. The molecule has 0 N–H and O–H groups in total. The van der Waals surface area contributed by atoms with Gasteiger partial charge in [0, 0.05) is 12.3 Å². The van der Waals surface area contributed by atoms with E-state index in [9.17, 15) is 9.59 Å². The molecule has 0 fully saturated rings. The molecule has 6 heteroatoms. The van der Waals surface area contributed by atoms with Crippen molar-refractivity contribution in [2.45, 2.75) is 106 Å². The SMILES string of the molecule is CCC(C)C(=O)C1=C(O[Si](C)(C)C)C(CC=C(C)C)(O[Si](C)(C)C)C(CC=C(C)C)C1=O. The van der Waals surface area contributed by atoms with Crippen LogP contribution in [0.5, 0.6) is 0 Å². The third-order valence-corrected chi connectivity index (χ3v) is 7.31. The minimum Gasteiger partial charge on any atom is -0.545 e. The van der Waals surface area contributed by atoms with Crippen molar-refractivity contribution >= 4 is 28.2 Å². The van der Waals surface area contributed by atoms with E-state index in [2.05, 4.69) is 65.3 Å². The number of allylic oxidation sites excluding steroid dienone is 4. The first kappa shape index (κ1) is 28.8. The summed E-state index contributed by atoms with van der Waals surface area (Å²) in [6.45, 7) is 24.8. The number of carbonyl (C=O) groups is 2. The van der Waals surface area contributed by atoms with Gasteiger partial charge in [-0.25, -0.2) is 0 Å². The molecule has 0 aromatic heterocycles. The van der Waals surface area contributed by atoms with E-state index in [0.29, 0.717) is 25.0 Å². The second-order valence-electron chi connectivity index (χ2n) is 11.6. The van der Waals surface area contributed by atoms with Crippen LogP contribution in [0.4, 0.5) is 0 Å². The van der Waals surface area contributed by atoms with Gasteiger partial charge in [-0.15, -0.1) is 0 Å². The Bertz CT molecular complexity index is 801. The Kier molecular flexibility index (Phi) is 9.70. The summed E-state index contributed by atoms with van der Waals surface area (Å²) in [5, 5.41) is 0. The van der Waals surface area contributed by atoms with Gasteiger partial charge in [-0.3, -0.25) is 9.59 Å². The van der Waals surface area contributed by atoms with E-state index in [-0.39, 0.29) is 23.1 Å². The largest absolute Gasteiger partial charge is 0.545 e. The van der Waals surface area contributed by atoms with Gasteiger partial charge in [0.15, 0.2) is 19.9 Å². The zero-order valence-corrected chi connectivity index (χ0v) is 24.6. The third-order valence-electron chi connectivity index (χ3n) is 5.52. The Morgan fingerprint density at radius 1 is 1.00 bits per heavy atom. The highest BCUT2D eigenvalue weighted by Crippen LogP contribution is 2.49. The minimum absolute atomic E-state index is 0.105. The summed E-state index contributed by atoms with van der Waals surface area (Å²) < 4.78 is 13.6. The second kappa shape index (κ2) is 10.8. The van der Waals surface area contributed by atoms with Crippen molar-refractivity contribution in [3.63, 3.8) is 0 Å². The number of Topliss-reactive ketones (excluding diaryl/α,β-unsaturated/α-hetero) is 2. The van der Waals surface area contributed by atoms with Crippen molar-refractivity contribution in [3.05, 3.63) is 34.6 Å². The fourth-order valence-electron chi connectivity index (χ4n) is 3.92.